The molecular formula is C15H19NO5. The SMILES string of the molecule is COc1ccc([C@@H]2CCN(C(=O)O)[C@H](C)[C@@H]2C(=O)O)cc1. The Morgan fingerprint density at radius 2 is 1.86 bits per heavy atom. The predicted octanol–water partition coefficient (Wildman–Crippen LogP) is 2.25. The Kier molecular flexibility index (Phi) is 4.35. The number of carboxylic acid groups (broad SMARTS) is 2. The van der Waals surface area contributed by atoms with Gasteiger partial charge in [-0.1, -0.05) is 12.1 Å². The number of amides is 1. The zero-order valence-corrected chi connectivity index (χ0v) is 12.0. The Labute approximate surface area is 122 Å². The monoisotopic (exact) mass is 293 g/mol. The number of aliphatic carboxylic acids is 1. The highest BCUT2D eigenvalue weighted by Crippen LogP contribution is 2.37. The van der Waals surface area contributed by atoms with E-state index in [0.29, 0.717) is 18.7 Å². The third-order valence-corrected chi connectivity index (χ3v) is 4.20. The normalized spacial score (nSPS) is 25.4. The Morgan fingerprint density at radius 1 is 1.24 bits per heavy atom. The average Bonchev–Trinajstić information content (AvgIpc) is 2.46. The van der Waals surface area contributed by atoms with E-state index >= 15 is 0 Å². The number of piperidine rings is 1. The molecule has 1 heterocycles. The van der Waals surface area contributed by atoms with Crippen molar-refractivity contribution in [2.75, 3.05) is 13.7 Å². The number of likely N-dealkylation sites (tertiary alicyclic amines) is 1. The summed E-state index contributed by atoms with van der Waals surface area (Å²) in [4.78, 5) is 24.0. The molecule has 21 heavy (non-hydrogen) atoms. The third-order valence-electron chi connectivity index (χ3n) is 4.20. The minimum atomic E-state index is -1.07. The van der Waals surface area contributed by atoms with Crippen LogP contribution in [0.5, 0.6) is 5.75 Å². The van der Waals surface area contributed by atoms with Gasteiger partial charge >= 0.3 is 12.1 Å². The molecule has 0 bridgehead atoms. The number of rotatable bonds is 3. The molecule has 0 aromatic heterocycles. The number of methoxy groups -OCH3 is 1. The van der Waals surface area contributed by atoms with Crippen LogP contribution in [0.4, 0.5) is 4.79 Å². The number of hydrogen-bond acceptors (Lipinski definition) is 3. The van der Waals surface area contributed by atoms with Gasteiger partial charge in [0, 0.05) is 18.5 Å². The molecule has 3 atom stereocenters. The van der Waals surface area contributed by atoms with Gasteiger partial charge in [-0.15, -0.1) is 0 Å². The molecule has 114 valence electrons. The highest BCUT2D eigenvalue weighted by molar-refractivity contribution is 5.74. The van der Waals surface area contributed by atoms with Gasteiger partial charge in [-0.2, -0.15) is 0 Å². The summed E-state index contributed by atoms with van der Waals surface area (Å²) in [5.41, 5.74) is 0.903. The summed E-state index contributed by atoms with van der Waals surface area (Å²) >= 11 is 0. The highest BCUT2D eigenvalue weighted by Gasteiger charge is 2.42. The van der Waals surface area contributed by atoms with Crippen molar-refractivity contribution in [1.82, 2.24) is 4.90 Å². The van der Waals surface area contributed by atoms with Gasteiger partial charge in [-0.3, -0.25) is 4.79 Å². The Balaban J connectivity index is 2.29. The van der Waals surface area contributed by atoms with Gasteiger partial charge in [0.25, 0.3) is 0 Å². The summed E-state index contributed by atoms with van der Waals surface area (Å²) < 4.78 is 5.10. The fourth-order valence-corrected chi connectivity index (χ4v) is 3.06. The molecule has 6 nitrogen and oxygen atoms in total. The minimum absolute atomic E-state index is 0.195. The first-order valence-corrected chi connectivity index (χ1v) is 6.82. The fraction of sp³-hybridized carbons (Fsp3) is 0.467. The molecule has 6 heteroatoms. The van der Waals surface area contributed by atoms with Crippen LogP contribution in [-0.4, -0.2) is 46.9 Å². The lowest BCUT2D eigenvalue weighted by molar-refractivity contribution is -0.146. The summed E-state index contributed by atoms with van der Waals surface area (Å²) in [5, 5.41) is 18.6. The van der Waals surface area contributed by atoms with Crippen LogP contribution < -0.4 is 4.74 Å². The van der Waals surface area contributed by atoms with E-state index in [2.05, 4.69) is 0 Å². The smallest absolute Gasteiger partial charge is 0.407 e. The fourth-order valence-electron chi connectivity index (χ4n) is 3.06. The molecule has 1 aliphatic heterocycles. The summed E-state index contributed by atoms with van der Waals surface area (Å²) in [6, 6.07) is 6.73. The molecule has 0 spiro atoms. The average molecular weight is 293 g/mol. The van der Waals surface area contributed by atoms with Gasteiger partial charge in [-0.05, 0) is 31.0 Å². The second-order valence-electron chi connectivity index (χ2n) is 5.25. The van der Waals surface area contributed by atoms with Crippen molar-refractivity contribution in [3.8, 4) is 5.75 Å². The second kappa shape index (κ2) is 6.03. The lowest BCUT2D eigenvalue weighted by Gasteiger charge is -2.40. The third kappa shape index (κ3) is 2.94. The molecule has 1 aliphatic rings. The van der Waals surface area contributed by atoms with Crippen LogP contribution in [0.15, 0.2) is 24.3 Å². The maximum Gasteiger partial charge on any atom is 0.407 e. The Bertz CT molecular complexity index is 527. The largest absolute Gasteiger partial charge is 0.497 e. The van der Waals surface area contributed by atoms with Gasteiger partial charge in [0.1, 0.15) is 5.75 Å². The number of hydrogen-bond donors (Lipinski definition) is 2. The van der Waals surface area contributed by atoms with Crippen LogP contribution in [0.3, 0.4) is 0 Å². The van der Waals surface area contributed by atoms with Crippen molar-refractivity contribution in [2.24, 2.45) is 5.92 Å². The Morgan fingerprint density at radius 3 is 2.33 bits per heavy atom. The Hall–Kier alpha value is -2.24. The van der Waals surface area contributed by atoms with E-state index in [-0.39, 0.29) is 5.92 Å². The highest BCUT2D eigenvalue weighted by atomic mass is 16.5. The van der Waals surface area contributed by atoms with Crippen LogP contribution in [0.2, 0.25) is 0 Å². The first-order chi connectivity index (χ1) is 9.95. The molecule has 0 unspecified atom stereocenters. The van der Waals surface area contributed by atoms with Crippen LogP contribution in [0.25, 0.3) is 0 Å². The first kappa shape index (κ1) is 15.2. The van der Waals surface area contributed by atoms with Crippen LogP contribution in [-0.2, 0) is 4.79 Å². The van der Waals surface area contributed by atoms with Gasteiger partial charge < -0.3 is 19.8 Å². The predicted molar refractivity (Wildman–Crippen MR) is 75.7 cm³/mol. The number of benzene rings is 1. The van der Waals surface area contributed by atoms with Crippen LogP contribution in [0, 0.1) is 5.92 Å². The lowest BCUT2D eigenvalue weighted by Crippen LogP contribution is -2.51. The van der Waals surface area contributed by atoms with Crippen LogP contribution >= 0.6 is 0 Å². The zero-order chi connectivity index (χ0) is 15.6. The molecule has 1 saturated heterocycles. The van der Waals surface area contributed by atoms with E-state index in [4.69, 9.17) is 9.84 Å². The molecule has 1 aromatic rings. The molecule has 0 aliphatic carbocycles. The topological polar surface area (TPSA) is 87.1 Å². The summed E-state index contributed by atoms with van der Waals surface area (Å²) in [5.74, 6) is -1.20. The van der Waals surface area contributed by atoms with Crippen molar-refractivity contribution >= 4 is 12.1 Å². The van der Waals surface area contributed by atoms with E-state index in [1.807, 2.05) is 12.1 Å². The van der Waals surface area contributed by atoms with Gasteiger partial charge in [0.15, 0.2) is 0 Å². The maximum absolute atomic E-state index is 11.6. The van der Waals surface area contributed by atoms with E-state index < -0.39 is 24.0 Å². The molecule has 2 N–H and O–H groups in total. The summed E-state index contributed by atoms with van der Waals surface area (Å²) in [6.45, 7) is 2.00. The first-order valence-electron chi connectivity index (χ1n) is 6.82. The summed E-state index contributed by atoms with van der Waals surface area (Å²) in [7, 11) is 1.57. The van der Waals surface area contributed by atoms with E-state index in [1.54, 1.807) is 26.2 Å². The molecule has 0 saturated carbocycles. The maximum atomic E-state index is 11.6. The van der Waals surface area contributed by atoms with Crippen molar-refractivity contribution in [3.05, 3.63) is 29.8 Å². The zero-order valence-electron chi connectivity index (χ0n) is 12.0. The van der Waals surface area contributed by atoms with Crippen molar-refractivity contribution in [3.63, 3.8) is 0 Å². The molecule has 1 aromatic carbocycles. The second-order valence-corrected chi connectivity index (χ2v) is 5.25. The number of carboxylic acids is 1. The summed E-state index contributed by atoms with van der Waals surface area (Å²) in [6.07, 6.45) is -0.568. The molecule has 1 amide bonds. The standard InChI is InChI=1S/C15H19NO5/c1-9-13(14(17)18)12(7-8-16(9)15(19)20)10-3-5-11(21-2)6-4-10/h3-6,9,12-13H,7-8H2,1-2H3,(H,17,18)(H,19,20)/t9-,12+,13+/m1/s1. The van der Waals surface area contributed by atoms with E-state index in [9.17, 15) is 14.7 Å². The van der Waals surface area contributed by atoms with Crippen molar-refractivity contribution in [1.29, 1.82) is 0 Å². The number of carbonyl (C=O) groups is 2. The van der Waals surface area contributed by atoms with Gasteiger partial charge in [-0.25, -0.2) is 4.79 Å². The molecular weight excluding hydrogens is 274 g/mol. The van der Waals surface area contributed by atoms with Crippen molar-refractivity contribution < 1.29 is 24.5 Å². The van der Waals surface area contributed by atoms with E-state index in [0.717, 1.165) is 5.56 Å². The molecule has 0 radical (unpaired) electrons. The molecule has 2 rings (SSSR count). The minimum Gasteiger partial charge on any atom is -0.497 e. The van der Waals surface area contributed by atoms with Crippen molar-refractivity contribution in [2.45, 2.75) is 25.3 Å². The van der Waals surface area contributed by atoms with Gasteiger partial charge in [0.05, 0.1) is 13.0 Å². The van der Waals surface area contributed by atoms with Crippen LogP contribution in [0.1, 0.15) is 24.8 Å². The van der Waals surface area contributed by atoms with E-state index in [1.165, 1.54) is 4.90 Å². The lowest BCUT2D eigenvalue weighted by atomic mass is 9.76. The van der Waals surface area contributed by atoms with Gasteiger partial charge in [0.2, 0.25) is 0 Å². The number of ether oxygens (including phenoxy) is 1. The number of nitrogens with zero attached hydrogens (tertiary/aromatic N) is 1. The molecule has 1 fully saturated rings. The quantitative estimate of drug-likeness (QED) is 0.892.